The smallest absolute Gasteiger partial charge is 0.247 e. The molecule has 0 saturated carbocycles. The fourth-order valence-corrected chi connectivity index (χ4v) is 3.66. The van der Waals surface area contributed by atoms with E-state index in [0.29, 0.717) is 28.5 Å². The first-order valence-corrected chi connectivity index (χ1v) is 9.52. The predicted molar refractivity (Wildman–Crippen MR) is 98.0 cm³/mol. The number of nitrogens with zero attached hydrogens (tertiary/aromatic N) is 2. The molecule has 9 heteroatoms. The maximum Gasteiger partial charge on any atom is 0.247 e. The highest BCUT2D eigenvalue weighted by atomic mass is 32.2. The van der Waals surface area contributed by atoms with Gasteiger partial charge in [0.2, 0.25) is 21.8 Å². The van der Waals surface area contributed by atoms with E-state index < -0.39 is 10.0 Å². The maximum absolute atomic E-state index is 12.5. The van der Waals surface area contributed by atoms with Crippen LogP contribution in [0, 0.1) is 6.92 Å². The molecule has 0 radical (unpaired) electrons. The first kappa shape index (κ1) is 18.9. The van der Waals surface area contributed by atoms with Gasteiger partial charge in [-0.25, -0.2) is 13.1 Å². The second-order valence-corrected chi connectivity index (χ2v) is 7.42. The Morgan fingerprint density at radius 1 is 1.00 bits per heavy atom. The number of sulfonamides is 1. The average molecular weight is 389 g/mol. The fourth-order valence-electron chi connectivity index (χ4n) is 2.46. The molecule has 3 rings (SSSR count). The molecule has 0 fully saturated rings. The van der Waals surface area contributed by atoms with Gasteiger partial charge in [0.15, 0.2) is 0 Å². The Bertz CT molecular complexity index is 1030. The van der Waals surface area contributed by atoms with Crippen LogP contribution in [0.25, 0.3) is 11.5 Å². The highest BCUT2D eigenvalue weighted by molar-refractivity contribution is 7.89. The van der Waals surface area contributed by atoms with Crippen molar-refractivity contribution in [1.82, 2.24) is 14.9 Å². The number of hydrogen-bond acceptors (Lipinski definition) is 7. The lowest BCUT2D eigenvalue weighted by Crippen LogP contribution is -2.24. The normalized spacial score (nSPS) is 11.4. The zero-order chi connectivity index (χ0) is 19.4. The SMILES string of the molecule is COc1ccc(-c2nnc(CNS(=O)(=O)c3ccc(OC)cc3C)o2)cc1. The minimum absolute atomic E-state index is 0.114. The molecule has 0 amide bonds. The Labute approximate surface area is 157 Å². The number of rotatable bonds is 7. The minimum Gasteiger partial charge on any atom is -0.497 e. The van der Waals surface area contributed by atoms with Crippen molar-refractivity contribution in [1.29, 1.82) is 0 Å². The third-order valence-corrected chi connectivity index (χ3v) is 5.45. The maximum atomic E-state index is 12.5. The van der Waals surface area contributed by atoms with Crippen LogP contribution >= 0.6 is 0 Å². The topological polar surface area (TPSA) is 104 Å². The van der Waals surface area contributed by atoms with Crippen LogP contribution in [0.1, 0.15) is 11.5 Å². The fraction of sp³-hybridized carbons (Fsp3) is 0.222. The average Bonchev–Trinajstić information content (AvgIpc) is 3.15. The van der Waals surface area contributed by atoms with Gasteiger partial charge in [-0.3, -0.25) is 0 Å². The largest absolute Gasteiger partial charge is 0.497 e. The molecular formula is C18H19N3O5S. The number of aryl methyl sites for hydroxylation is 1. The van der Waals surface area contributed by atoms with Crippen LogP contribution in [-0.2, 0) is 16.6 Å². The van der Waals surface area contributed by atoms with Crippen molar-refractivity contribution in [3.63, 3.8) is 0 Å². The Morgan fingerprint density at radius 3 is 2.30 bits per heavy atom. The molecule has 1 aromatic heterocycles. The van der Waals surface area contributed by atoms with Gasteiger partial charge in [-0.05, 0) is 55.0 Å². The Balaban J connectivity index is 1.72. The monoisotopic (exact) mass is 389 g/mol. The molecule has 1 N–H and O–H groups in total. The van der Waals surface area contributed by atoms with Gasteiger partial charge in [0, 0.05) is 5.56 Å². The first-order chi connectivity index (χ1) is 12.9. The molecule has 3 aromatic rings. The number of aromatic nitrogens is 2. The molecule has 0 atom stereocenters. The molecule has 0 bridgehead atoms. The van der Waals surface area contributed by atoms with E-state index in [-0.39, 0.29) is 17.3 Å². The molecule has 0 aliphatic rings. The lowest BCUT2D eigenvalue weighted by molar-refractivity contribution is 0.414. The highest BCUT2D eigenvalue weighted by Gasteiger charge is 2.19. The van der Waals surface area contributed by atoms with E-state index in [1.165, 1.54) is 13.2 Å². The second kappa shape index (κ2) is 7.77. The van der Waals surface area contributed by atoms with E-state index in [1.807, 2.05) is 0 Å². The minimum atomic E-state index is -3.73. The predicted octanol–water partition coefficient (Wildman–Crippen LogP) is 2.54. The van der Waals surface area contributed by atoms with E-state index in [9.17, 15) is 8.42 Å². The van der Waals surface area contributed by atoms with Crippen molar-refractivity contribution in [3.8, 4) is 23.0 Å². The quantitative estimate of drug-likeness (QED) is 0.662. The second-order valence-electron chi connectivity index (χ2n) is 5.69. The van der Waals surface area contributed by atoms with Crippen LogP contribution in [0.15, 0.2) is 51.8 Å². The van der Waals surface area contributed by atoms with E-state index in [4.69, 9.17) is 13.9 Å². The Kier molecular flexibility index (Phi) is 5.43. The van der Waals surface area contributed by atoms with E-state index >= 15 is 0 Å². The van der Waals surface area contributed by atoms with Gasteiger partial charge in [0.25, 0.3) is 0 Å². The summed E-state index contributed by atoms with van der Waals surface area (Å²) in [6, 6.07) is 11.8. The summed E-state index contributed by atoms with van der Waals surface area (Å²) in [7, 11) is -0.624. The number of benzene rings is 2. The molecule has 27 heavy (non-hydrogen) atoms. The lowest BCUT2D eigenvalue weighted by Gasteiger charge is -2.09. The molecule has 0 spiro atoms. The summed E-state index contributed by atoms with van der Waals surface area (Å²) in [6.07, 6.45) is 0. The van der Waals surface area contributed by atoms with E-state index in [2.05, 4.69) is 14.9 Å². The highest BCUT2D eigenvalue weighted by Crippen LogP contribution is 2.23. The van der Waals surface area contributed by atoms with Crippen LogP contribution in [0.5, 0.6) is 11.5 Å². The van der Waals surface area contributed by atoms with Gasteiger partial charge in [-0.1, -0.05) is 0 Å². The van der Waals surface area contributed by atoms with Gasteiger partial charge in [0.1, 0.15) is 11.5 Å². The van der Waals surface area contributed by atoms with Crippen LogP contribution in [-0.4, -0.2) is 32.8 Å². The number of methoxy groups -OCH3 is 2. The summed E-state index contributed by atoms with van der Waals surface area (Å²) >= 11 is 0. The zero-order valence-corrected chi connectivity index (χ0v) is 15.9. The molecule has 142 valence electrons. The van der Waals surface area contributed by atoms with Crippen molar-refractivity contribution < 1.29 is 22.3 Å². The molecular weight excluding hydrogens is 370 g/mol. The zero-order valence-electron chi connectivity index (χ0n) is 15.1. The van der Waals surface area contributed by atoms with Crippen molar-refractivity contribution in [2.24, 2.45) is 0 Å². The van der Waals surface area contributed by atoms with Gasteiger partial charge in [0.05, 0.1) is 25.7 Å². The van der Waals surface area contributed by atoms with E-state index in [1.54, 1.807) is 50.4 Å². The van der Waals surface area contributed by atoms with Crippen LogP contribution < -0.4 is 14.2 Å². The number of ether oxygens (including phenoxy) is 2. The van der Waals surface area contributed by atoms with Crippen molar-refractivity contribution in [2.75, 3.05) is 14.2 Å². The standard InChI is InChI=1S/C18H19N3O5S/c1-12-10-15(25-3)8-9-16(12)27(22,23)19-11-17-20-21-18(26-17)13-4-6-14(24-2)7-5-13/h4-10,19H,11H2,1-3H3. The Morgan fingerprint density at radius 2 is 1.67 bits per heavy atom. The van der Waals surface area contributed by atoms with Crippen LogP contribution in [0.4, 0.5) is 0 Å². The van der Waals surface area contributed by atoms with Gasteiger partial charge >= 0.3 is 0 Å². The number of hydrogen-bond donors (Lipinski definition) is 1. The lowest BCUT2D eigenvalue weighted by atomic mass is 10.2. The summed E-state index contributed by atoms with van der Waals surface area (Å²) in [5, 5.41) is 7.83. The van der Waals surface area contributed by atoms with Gasteiger partial charge < -0.3 is 13.9 Å². The van der Waals surface area contributed by atoms with Gasteiger partial charge in [-0.2, -0.15) is 0 Å². The molecule has 8 nitrogen and oxygen atoms in total. The summed E-state index contributed by atoms with van der Waals surface area (Å²) in [6.45, 7) is 1.59. The van der Waals surface area contributed by atoms with Crippen molar-refractivity contribution >= 4 is 10.0 Å². The molecule has 0 saturated heterocycles. The Hall–Kier alpha value is -2.91. The first-order valence-electron chi connectivity index (χ1n) is 8.04. The van der Waals surface area contributed by atoms with E-state index in [0.717, 1.165) is 0 Å². The van der Waals surface area contributed by atoms with Crippen molar-refractivity contribution in [3.05, 3.63) is 53.9 Å². The third kappa shape index (κ3) is 4.26. The summed E-state index contributed by atoms with van der Waals surface area (Å²) in [5.41, 5.74) is 1.29. The summed E-state index contributed by atoms with van der Waals surface area (Å²) in [5.74, 6) is 1.76. The van der Waals surface area contributed by atoms with Crippen molar-refractivity contribution in [2.45, 2.75) is 18.4 Å². The molecule has 1 heterocycles. The third-order valence-electron chi connectivity index (χ3n) is 3.89. The molecule has 0 aliphatic heterocycles. The number of nitrogens with one attached hydrogen (secondary N) is 1. The van der Waals surface area contributed by atoms with Crippen LogP contribution in [0.2, 0.25) is 0 Å². The summed E-state index contributed by atoms with van der Waals surface area (Å²) < 4.78 is 43.2. The molecule has 2 aromatic carbocycles. The molecule has 0 unspecified atom stereocenters. The van der Waals surface area contributed by atoms with Crippen LogP contribution in [0.3, 0.4) is 0 Å². The van der Waals surface area contributed by atoms with Gasteiger partial charge in [-0.15, -0.1) is 10.2 Å². The molecule has 0 aliphatic carbocycles. The summed E-state index contributed by atoms with van der Waals surface area (Å²) in [4.78, 5) is 0.165.